The van der Waals surface area contributed by atoms with Gasteiger partial charge in [0.05, 0.1) is 0 Å². The largest absolute Gasteiger partial charge is 0.462 e. The maximum absolute atomic E-state index is 12.9. The van der Waals surface area contributed by atoms with Crippen molar-refractivity contribution in [1.82, 2.24) is 0 Å². The highest BCUT2D eigenvalue weighted by Crippen LogP contribution is 2.18. The number of esters is 3. The fraction of sp³-hybridized carbons (Fsp3) is 0.800. The quantitative estimate of drug-likeness (QED) is 0.0261. The fourth-order valence-electron chi connectivity index (χ4n) is 10.4. The second-order valence-electron chi connectivity index (χ2n) is 23.8. The van der Waals surface area contributed by atoms with Gasteiger partial charge < -0.3 is 14.2 Å². The molecule has 0 radical (unpaired) electrons. The third kappa shape index (κ3) is 67.5. The van der Waals surface area contributed by atoms with E-state index < -0.39 is 6.10 Å². The van der Waals surface area contributed by atoms with Crippen LogP contribution in [0.15, 0.2) is 72.9 Å². The van der Waals surface area contributed by atoms with Crippen molar-refractivity contribution in [3.8, 4) is 0 Å². The van der Waals surface area contributed by atoms with Crippen LogP contribution in [0.2, 0.25) is 0 Å². The molecule has 0 aromatic carbocycles. The molecule has 1 atom stereocenters. The Balaban J connectivity index is 4.07. The Morgan fingerprint density at radius 2 is 0.494 bits per heavy atom. The Bertz CT molecular complexity index is 1490. The van der Waals surface area contributed by atoms with Gasteiger partial charge in [0.15, 0.2) is 6.10 Å². The average molecular weight is 1130 g/mol. The first kappa shape index (κ1) is 77.9. The second-order valence-corrected chi connectivity index (χ2v) is 23.8. The van der Waals surface area contributed by atoms with Gasteiger partial charge in [-0.3, -0.25) is 14.4 Å². The Labute approximate surface area is 503 Å². The van der Waals surface area contributed by atoms with Crippen molar-refractivity contribution in [2.45, 2.75) is 374 Å². The van der Waals surface area contributed by atoms with E-state index in [1.807, 2.05) is 0 Å². The first-order chi connectivity index (χ1) is 40.0. The molecule has 0 fully saturated rings. The number of rotatable bonds is 65. The molecule has 0 rings (SSSR count). The zero-order valence-electron chi connectivity index (χ0n) is 54.1. The van der Waals surface area contributed by atoms with Gasteiger partial charge in [-0.2, -0.15) is 0 Å². The minimum absolute atomic E-state index is 0.0713. The molecule has 0 saturated carbocycles. The molecule has 0 spiro atoms. The van der Waals surface area contributed by atoms with Crippen LogP contribution in [0.4, 0.5) is 0 Å². The standard InChI is InChI=1S/C75H134O6/c1-4-7-10-13-16-19-22-24-26-28-29-30-31-32-33-34-35-36-37-38-39-40-41-42-43-44-45-47-48-50-53-56-59-62-65-68-74(77)80-71-72(70-79-73(76)67-64-61-58-55-52-21-18-15-12-9-6-3)81-75(78)69-66-63-60-57-54-51-49-46-27-25-23-20-17-14-11-8-5-2/h7,10,15-16,18-19,24,26,29-30,32-33,72H,4-6,8-9,11-14,17,20-23,25,27-28,31,34-71H2,1-3H3/b10-7-,18-15-,19-16-,26-24-,30-29-,33-32-. The van der Waals surface area contributed by atoms with E-state index in [0.29, 0.717) is 19.3 Å². The highest BCUT2D eigenvalue weighted by atomic mass is 16.6. The summed E-state index contributed by atoms with van der Waals surface area (Å²) < 4.78 is 16.9. The highest BCUT2D eigenvalue weighted by Gasteiger charge is 2.19. The third-order valence-electron chi connectivity index (χ3n) is 15.7. The summed E-state index contributed by atoms with van der Waals surface area (Å²) in [7, 11) is 0. The minimum Gasteiger partial charge on any atom is -0.462 e. The van der Waals surface area contributed by atoms with Gasteiger partial charge in [-0.25, -0.2) is 0 Å². The van der Waals surface area contributed by atoms with Crippen LogP contribution in [0.3, 0.4) is 0 Å². The summed E-state index contributed by atoms with van der Waals surface area (Å²) in [6.07, 6.45) is 90.9. The van der Waals surface area contributed by atoms with Gasteiger partial charge in [-0.05, 0) is 83.5 Å². The van der Waals surface area contributed by atoms with Crippen molar-refractivity contribution in [1.29, 1.82) is 0 Å². The first-order valence-corrected chi connectivity index (χ1v) is 35.4. The van der Waals surface area contributed by atoms with Crippen molar-refractivity contribution < 1.29 is 28.6 Å². The number of unbranched alkanes of at least 4 members (excludes halogenated alkanes) is 42. The van der Waals surface area contributed by atoms with Gasteiger partial charge in [-0.15, -0.1) is 0 Å². The molecule has 6 heteroatoms. The number of carbonyl (C=O) groups excluding carboxylic acids is 3. The molecule has 0 aliphatic carbocycles. The molecule has 6 nitrogen and oxygen atoms in total. The molecule has 470 valence electrons. The average Bonchev–Trinajstić information content (AvgIpc) is 3.47. The van der Waals surface area contributed by atoms with Crippen molar-refractivity contribution in [2.24, 2.45) is 0 Å². The lowest BCUT2D eigenvalue weighted by Crippen LogP contribution is -2.30. The topological polar surface area (TPSA) is 78.9 Å². The normalized spacial score (nSPS) is 12.5. The Morgan fingerprint density at radius 3 is 0.802 bits per heavy atom. The molecule has 0 saturated heterocycles. The Morgan fingerprint density at radius 1 is 0.259 bits per heavy atom. The van der Waals surface area contributed by atoms with Crippen LogP contribution >= 0.6 is 0 Å². The second kappa shape index (κ2) is 69.3. The van der Waals surface area contributed by atoms with Gasteiger partial charge in [0.1, 0.15) is 13.2 Å². The molecule has 0 aromatic heterocycles. The summed E-state index contributed by atoms with van der Waals surface area (Å²) in [5.74, 6) is -0.858. The molecule has 0 aliphatic rings. The summed E-state index contributed by atoms with van der Waals surface area (Å²) in [5, 5.41) is 0. The van der Waals surface area contributed by atoms with E-state index in [-0.39, 0.29) is 31.1 Å². The first-order valence-electron chi connectivity index (χ1n) is 35.4. The maximum Gasteiger partial charge on any atom is 0.306 e. The van der Waals surface area contributed by atoms with Crippen LogP contribution in [0.5, 0.6) is 0 Å². The molecule has 0 N–H and O–H groups in total. The molecule has 0 aliphatic heterocycles. The zero-order chi connectivity index (χ0) is 58.5. The summed E-state index contributed by atoms with van der Waals surface area (Å²) in [5.41, 5.74) is 0. The molecule has 0 amide bonds. The highest BCUT2D eigenvalue weighted by molar-refractivity contribution is 5.71. The lowest BCUT2D eigenvalue weighted by Gasteiger charge is -2.18. The van der Waals surface area contributed by atoms with Gasteiger partial charge in [0.2, 0.25) is 0 Å². The molecule has 0 aromatic rings. The van der Waals surface area contributed by atoms with E-state index >= 15 is 0 Å². The number of allylic oxidation sites excluding steroid dienone is 12. The molecule has 0 bridgehead atoms. The van der Waals surface area contributed by atoms with Crippen LogP contribution in [-0.4, -0.2) is 37.2 Å². The van der Waals surface area contributed by atoms with Crippen LogP contribution in [0, 0.1) is 0 Å². The number of hydrogen-bond acceptors (Lipinski definition) is 6. The predicted octanol–water partition coefficient (Wildman–Crippen LogP) is 24.4. The summed E-state index contributed by atoms with van der Waals surface area (Å²) in [4.78, 5) is 38.3. The molecule has 0 heterocycles. The van der Waals surface area contributed by atoms with Gasteiger partial charge in [0.25, 0.3) is 0 Å². The number of hydrogen-bond donors (Lipinski definition) is 0. The monoisotopic (exact) mass is 1130 g/mol. The number of ether oxygens (including phenoxy) is 3. The van der Waals surface area contributed by atoms with E-state index in [9.17, 15) is 14.4 Å². The van der Waals surface area contributed by atoms with Crippen molar-refractivity contribution in [2.75, 3.05) is 13.2 Å². The molecular weight excluding hydrogens is 997 g/mol. The van der Waals surface area contributed by atoms with Crippen molar-refractivity contribution >= 4 is 17.9 Å². The Kier molecular flexibility index (Phi) is 66.6. The van der Waals surface area contributed by atoms with E-state index in [0.717, 1.165) is 96.3 Å². The van der Waals surface area contributed by atoms with Crippen LogP contribution < -0.4 is 0 Å². The van der Waals surface area contributed by atoms with E-state index in [1.54, 1.807) is 0 Å². The minimum atomic E-state index is -0.774. The number of carbonyl (C=O) groups is 3. The van der Waals surface area contributed by atoms with Crippen LogP contribution in [-0.2, 0) is 28.6 Å². The van der Waals surface area contributed by atoms with E-state index in [2.05, 4.69) is 93.7 Å². The van der Waals surface area contributed by atoms with Gasteiger partial charge in [-0.1, -0.05) is 338 Å². The van der Waals surface area contributed by atoms with E-state index in [4.69, 9.17) is 14.2 Å². The smallest absolute Gasteiger partial charge is 0.306 e. The summed E-state index contributed by atoms with van der Waals surface area (Å²) >= 11 is 0. The fourth-order valence-corrected chi connectivity index (χ4v) is 10.4. The lowest BCUT2D eigenvalue weighted by atomic mass is 10.0. The maximum atomic E-state index is 12.9. The Hall–Kier alpha value is -3.15. The summed E-state index contributed by atoms with van der Waals surface area (Å²) in [6, 6.07) is 0. The van der Waals surface area contributed by atoms with Crippen molar-refractivity contribution in [3.05, 3.63) is 72.9 Å². The zero-order valence-corrected chi connectivity index (χ0v) is 54.1. The van der Waals surface area contributed by atoms with Crippen molar-refractivity contribution in [3.63, 3.8) is 0 Å². The SMILES string of the molecule is CC/C=C\C/C=C\C/C=C\C/C=C\C/C=C\CCCCCCCCCCCCCCCCCCCCCC(=O)OCC(COC(=O)CCCCCCC/C=C\CCCC)OC(=O)CCCCCCCCCCCCCCCCCCC. The van der Waals surface area contributed by atoms with Crippen LogP contribution in [0.1, 0.15) is 367 Å². The van der Waals surface area contributed by atoms with Crippen LogP contribution in [0.25, 0.3) is 0 Å². The molecule has 1 unspecified atom stereocenters. The molecular formula is C75H134O6. The van der Waals surface area contributed by atoms with Gasteiger partial charge in [0, 0.05) is 19.3 Å². The summed E-state index contributed by atoms with van der Waals surface area (Å²) in [6.45, 7) is 6.54. The third-order valence-corrected chi connectivity index (χ3v) is 15.7. The predicted molar refractivity (Wildman–Crippen MR) is 353 cm³/mol. The molecule has 81 heavy (non-hydrogen) atoms. The lowest BCUT2D eigenvalue weighted by molar-refractivity contribution is -0.167. The van der Waals surface area contributed by atoms with E-state index in [1.165, 1.54) is 231 Å². The van der Waals surface area contributed by atoms with Gasteiger partial charge >= 0.3 is 17.9 Å².